The lowest BCUT2D eigenvalue weighted by atomic mass is 9.81. The first-order valence-corrected chi connectivity index (χ1v) is 7.98. The molecule has 114 valence electrons. The van der Waals surface area contributed by atoms with Crippen molar-refractivity contribution in [1.29, 1.82) is 0 Å². The van der Waals surface area contributed by atoms with Crippen molar-refractivity contribution in [2.75, 3.05) is 39.3 Å². The number of likely N-dealkylation sites (tertiary alicyclic amines) is 1. The summed E-state index contributed by atoms with van der Waals surface area (Å²) in [5.74, 6) is 1.32. The van der Waals surface area contributed by atoms with E-state index in [4.69, 9.17) is 9.57 Å². The highest BCUT2D eigenvalue weighted by molar-refractivity contribution is 5.83. The van der Waals surface area contributed by atoms with Gasteiger partial charge in [-0.15, -0.1) is 0 Å². The van der Waals surface area contributed by atoms with E-state index in [0.29, 0.717) is 12.5 Å². The maximum Gasteiger partial charge on any atom is 0.233 e. The Bertz CT molecular complexity index is 368. The topological polar surface area (TPSA) is 46.1 Å². The minimum Gasteiger partial charge on any atom is -0.470 e. The van der Waals surface area contributed by atoms with E-state index in [0.717, 1.165) is 25.5 Å². The summed E-state index contributed by atoms with van der Waals surface area (Å²) in [6, 6.07) is 0. The molecule has 3 atom stereocenters. The average molecular weight is 281 g/mol. The van der Waals surface area contributed by atoms with Gasteiger partial charge in [-0.3, -0.25) is 4.90 Å². The van der Waals surface area contributed by atoms with Crippen molar-refractivity contribution in [3.63, 3.8) is 0 Å². The van der Waals surface area contributed by atoms with Gasteiger partial charge in [-0.2, -0.15) is 0 Å². The second kappa shape index (κ2) is 5.90. The zero-order valence-corrected chi connectivity index (χ0v) is 12.7. The molecule has 3 aliphatic heterocycles. The van der Waals surface area contributed by atoms with Gasteiger partial charge in [0.05, 0.1) is 5.41 Å². The summed E-state index contributed by atoms with van der Waals surface area (Å²) in [6.45, 7) is 10.4. The number of hydrogen-bond donors (Lipinski definition) is 1. The molecule has 3 aliphatic rings. The van der Waals surface area contributed by atoms with E-state index in [1.54, 1.807) is 0 Å². The zero-order chi connectivity index (χ0) is 14.0. The van der Waals surface area contributed by atoms with E-state index in [9.17, 15) is 0 Å². The number of rotatable bonds is 3. The van der Waals surface area contributed by atoms with Gasteiger partial charge in [0.25, 0.3) is 0 Å². The van der Waals surface area contributed by atoms with Gasteiger partial charge in [-0.05, 0) is 45.3 Å². The maximum atomic E-state index is 6.19. The van der Waals surface area contributed by atoms with E-state index >= 15 is 0 Å². The minimum absolute atomic E-state index is 0.0272. The number of nitrogens with one attached hydrogen (secondary N) is 1. The van der Waals surface area contributed by atoms with Crippen molar-refractivity contribution >= 4 is 5.90 Å². The molecule has 0 aliphatic carbocycles. The summed E-state index contributed by atoms with van der Waals surface area (Å²) in [7, 11) is 0. The highest BCUT2D eigenvalue weighted by Crippen LogP contribution is 2.34. The first-order chi connectivity index (χ1) is 9.68. The van der Waals surface area contributed by atoms with E-state index in [-0.39, 0.29) is 11.5 Å². The Morgan fingerprint density at radius 3 is 2.85 bits per heavy atom. The van der Waals surface area contributed by atoms with Crippen LogP contribution in [0.25, 0.3) is 0 Å². The lowest BCUT2D eigenvalue weighted by molar-refractivity contribution is -0.0218. The third-order valence-corrected chi connectivity index (χ3v) is 5.12. The zero-order valence-electron chi connectivity index (χ0n) is 12.7. The first kappa shape index (κ1) is 14.1. The average Bonchev–Trinajstić information content (AvgIpc) is 2.81. The molecule has 2 fully saturated rings. The molecular weight excluding hydrogens is 254 g/mol. The quantitative estimate of drug-likeness (QED) is 0.850. The number of nitrogens with zero attached hydrogens (tertiary/aromatic N) is 2. The van der Waals surface area contributed by atoms with Crippen LogP contribution in [-0.4, -0.2) is 56.2 Å². The predicted octanol–water partition coefficient (Wildman–Crippen LogP) is 1.45. The maximum absolute atomic E-state index is 6.19. The van der Waals surface area contributed by atoms with Crippen molar-refractivity contribution < 1.29 is 9.57 Å². The van der Waals surface area contributed by atoms with Crippen LogP contribution in [0.1, 0.15) is 33.1 Å². The molecule has 0 saturated carbocycles. The Morgan fingerprint density at radius 2 is 2.15 bits per heavy atom. The summed E-state index contributed by atoms with van der Waals surface area (Å²) in [5.41, 5.74) is -0.0272. The van der Waals surface area contributed by atoms with Gasteiger partial charge >= 0.3 is 0 Å². The predicted molar refractivity (Wildman–Crippen MR) is 78.7 cm³/mol. The van der Waals surface area contributed by atoms with Gasteiger partial charge in [-0.25, -0.2) is 0 Å². The second-order valence-corrected chi connectivity index (χ2v) is 6.74. The molecule has 5 nitrogen and oxygen atoms in total. The van der Waals surface area contributed by atoms with Gasteiger partial charge in [-0.1, -0.05) is 18.5 Å². The van der Waals surface area contributed by atoms with Crippen LogP contribution >= 0.6 is 0 Å². The van der Waals surface area contributed by atoms with Crippen molar-refractivity contribution in [2.24, 2.45) is 16.5 Å². The van der Waals surface area contributed by atoms with Crippen molar-refractivity contribution in [1.82, 2.24) is 10.2 Å². The summed E-state index contributed by atoms with van der Waals surface area (Å²) in [6.07, 6.45) is 4.12. The standard InChI is InChI=1S/C15H27N3O2/c1-12-8-16-11-15(12,2)14-17-19-10-13(20-14)9-18-6-4-3-5-7-18/h12-13,16H,3-11H2,1-2H3/t12-,13+,15-/m0/s1. The smallest absolute Gasteiger partial charge is 0.233 e. The molecule has 0 spiro atoms. The van der Waals surface area contributed by atoms with Crippen LogP contribution in [0.3, 0.4) is 0 Å². The number of hydrogen-bond acceptors (Lipinski definition) is 5. The Kier molecular flexibility index (Phi) is 4.17. The van der Waals surface area contributed by atoms with Gasteiger partial charge in [0, 0.05) is 13.1 Å². The Labute approximate surface area is 121 Å². The third-order valence-electron chi connectivity index (χ3n) is 5.12. The van der Waals surface area contributed by atoms with E-state index < -0.39 is 0 Å². The lowest BCUT2D eigenvalue weighted by Crippen LogP contribution is -2.46. The van der Waals surface area contributed by atoms with Gasteiger partial charge in [0.15, 0.2) is 6.61 Å². The normalized spacial score (nSPS) is 39.0. The van der Waals surface area contributed by atoms with Crippen molar-refractivity contribution in [2.45, 2.75) is 39.2 Å². The van der Waals surface area contributed by atoms with Gasteiger partial charge in [0.2, 0.25) is 5.90 Å². The lowest BCUT2D eigenvalue weighted by Gasteiger charge is -2.36. The molecular formula is C15H27N3O2. The van der Waals surface area contributed by atoms with E-state index in [1.807, 2.05) is 0 Å². The molecule has 20 heavy (non-hydrogen) atoms. The summed E-state index contributed by atoms with van der Waals surface area (Å²) in [4.78, 5) is 7.97. The molecule has 0 amide bonds. The van der Waals surface area contributed by atoms with Gasteiger partial charge in [0.1, 0.15) is 6.10 Å². The number of oxime groups is 1. The minimum atomic E-state index is -0.0272. The van der Waals surface area contributed by atoms with Crippen LogP contribution in [0.2, 0.25) is 0 Å². The molecule has 0 aromatic carbocycles. The Hall–Kier alpha value is -0.810. The molecule has 2 saturated heterocycles. The molecule has 1 N–H and O–H groups in total. The van der Waals surface area contributed by atoms with Crippen LogP contribution in [0.4, 0.5) is 0 Å². The largest absolute Gasteiger partial charge is 0.470 e. The van der Waals surface area contributed by atoms with Crippen molar-refractivity contribution in [3.8, 4) is 0 Å². The fraction of sp³-hybridized carbons (Fsp3) is 0.933. The molecule has 0 aromatic rings. The fourth-order valence-electron chi connectivity index (χ4n) is 3.39. The van der Waals surface area contributed by atoms with Crippen LogP contribution in [0.15, 0.2) is 5.16 Å². The van der Waals surface area contributed by atoms with Gasteiger partial charge < -0.3 is 14.9 Å². The van der Waals surface area contributed by atoms with Crippen LogP contribution in [0, 0.1) is 11.3 Å². The first-order valence-electron chi connectivity index (χ1n) is 7.98. The summed E-state index contributed by atoms with van der Waals surface area (Å²) < 4.78 is 6.19. The van der Waals surface area contributed by atoms with E-state index in [1.165, 1.54) is 32.4 Å². The summed E-state index contributed by atoms with van der Waals surface area (Å²) >= 11 is 0. The number of piperidine rings is 1. The molecule has 0 radical (unpaired) electrons. The Balaban J connectivity index is 1.59. The monoisotopic (exact) mass is 281 g/mol. The Morgan fingerprint density at radius 1 is 1.35 bits per heavy atom. The van der Waals surface area contributed by atoms with Crippen LogP contribution < -0.4 is 5.32 Å². The highest BCUT2D eigenvalue weighted by Gasteiger charge is 2.44. The molecule has 0 unspecified atom stereocenters. The molecule has 0 aromatic heterocycles. The molecule has 3 heterocycles. The molecule has 5 heteroatoms. The molecule has 3 rings (SSSR count). The molecule has 0 bridgehead atoms. The van der Waals surface area contributed by atoms with Crippen molar-refractivity contribution in [3.05, 3.63) is 0 Å². The van der Waals surface area contributed by atoms with Crippen LogP contribution in [0.5, 0.6) is 0 Å². The number of ether oxygens (including phenoxy) is 1. The third kappa shape index (κ3) is 2.79. The highest BCUT2D eigenvalue weighted by atomic mass is 16.7. The SMILES string of the molecule is C[C@H]1CNC[C@]1(C)C1=NOC[C@@H](CN2CCCCC2)O1. The fourth-order valence-corrected chi connectivity index (χ4v) is 3.39. The van der Waals surface area contributed by atoms with E-state index in [2.05, 4.69) is 29.2 Å². The second-order valence-electron chi connectivity index (χ2n) is 6.74. The van der Waals surface area contributed by atoms with Crippen LogP contribution in [-0.2, 0) is 9.57 Å². The summed E-state index contributed by atoms with van der Waals surface area (Å²) in [5, 5.41) is 7.64.